The van der Waals surface area contributed by atoms with E-state index in [-0.39, 0.29) is 0 Å². The summed E-state index contributed by atoms with van der Waals surface area (Å²) >= 11 is 0. The van der Waals surface area contributed by atoms with Gasteiger partial charge >= 0.3 is 0 Å². The van der Waals surface area contributed by atoms with E-state index < -0.39 is 0 Å². The number of fused-ring (bicyclic) bond motifs is 5. The molecule has 0 atom stereocenters. The Morgan fingerprint density at radius 3 is 1.15 bits per heavy atom. The van der Waals surface area contributed by atoms with Crippen molar-refractivity contribution in [2.24, 2.45) is 0 Å². The molecule has 12 aromatic rings. The summed E-state index contributed by atoms with van der Waals surface area (Å²) in [5.74, 6) is 0.607. The third kappa shape index (κ3) is 7.68. The molecule has 5 heteroatoms. The SMILES string of the molecule is c1ccc(-c2ccc(N(c3ccccc3)c3cc(N(c4ccccc4)c4ccccc4)cc(N(c4ccccc4)c4ccc5ccc6ccc7nc(-c8ccccc8)oc7c6c5c4)c3)cc2)cc1. The summed E-state index contributed by atoms with van der Waals surface area (Å²) in [7, 11) is 0. The monoisotopic (exact) mass is 872 g/mol. The molecule has 0 saturated carbocycles. The lowest BCUT2D eigenvalue weighted by molar-refractivity contribution is 0.623. The van der Waals surface area contributed by atoms with Gasteiger partial charge in [0.1, 0.15) is 5.52 Å². The third-order valence-corrected chi connectivity index (χ3v) is 12.6. The molecule has 68 heavy (non-hydrogen) atoms. The number of rotatable bonds is 11. The summed E-state index contributed by atoms with van der Waals surface area (Å²) in [6.45, 7) is 0. The first-order valence-corrected chi connectivity index (χ1v) is 22.9. The lowest BCUT2D eigenvalue weighted by Crippen LogP contribution is -2.16. The molecule has 0 spiro atoms. The number of benzene rings is 11. The molecule has 0 radical (unpaired) electrons. The van der Waals surface area contributed by atoms with Crippen molar-refractivity contribution in [3.8, 4) is 22.6 Å². The van der Waals surface area contributed by atoms with Crippen molar-refractivity contribution in [1.29, 1.82) is 0 Å². The van der Waals surface area contributed by atoms with Gasteiger partial charge in [-0.2, -0.15) is 0 Å². The largest absolute Gasteiger partial charge is 0.435 e. The number of hydrogen-bond donors (Lipinski definition) is 0. The minimum Gasteiger partial charge on any atom is -0.435 e. The van der Waals surface area contributed by atoms with E-state index in [4.69, 9.17) is 9.40 Å². The summed E-state index contributed by atoms with van der Waals surface area (Å²) in [5, 5.41) is 4.32. The average molecular weight is 873 g/mol. The van der Waals surface area contributed by atoms with Crippen LogP contribution in [0.25, 0.3) is 55.2 Å². The Labute approximate surface area is 395 Å². The summed E-state index contributed by atoms with van der Waals surface area (Å²) in [6, 6.07) is 94.4. The van der Waals surface area contributed by atoms with Gasteiger partial charge in [-0.3, -0.25) is 0 Å². The zero-order chi connectivity index (χ0) is 45.2. The summed E-state index contributed by atoms with van der Waals surface area (Å²) in [5.41, 5.74) is 14.1. The van der Waals surface area contributed by atoms with Gasteiger partial charge in [0.25, 0.3) is 0 Å². The second-order valence-corrected chi connectivity index (χ2v) is 16.8. The molecule has 11 aromatic carbocycles. The number of oxazole rings is 1. The Morgan fingerprint density at radius 1 is 0.279 bits per heavy atom. The number of hydrogen-bond acceptors (Lipinski definition) is 5. The van der Waals surface area contributed by atoms with Gasteiger partial charge < -0.3 is 19.1 Å². The van der Waals surface area contributed by atoms with Crippen LogP contribution in [0.3, 0.4) is 0 Å². The molecule has 0 bridgehead atoms. The molecule has 5 nitrogen and oxygen atoms in total. The fraction of sp³-hybridized carbons (Fsp3) is 0. The van der Waals surface area contributed by atoms with Crippen LogP contribution in [0.2, 0.25) is 0 Å². The molecule has 0 amide bonds. The van der Waals surface area contributed by atoms with Gasteiger partial charge in [0.15, 0.2) is 5.58 Å². The number of nitrogens with zero attached hydrogens (tertiary/aromatic N) is 4. The lowest BCUT2D eigenvalue weighted by atomic mass is 10.00. The predicted octanol–water partition coefficient (Wildman–Crippen LogP) is 17.9. The first kappa shape index (κ1) is 40.3. The smallest absolute Gasteiger partial charge is 0.227 e. The van der Waals surface area contributed by atoms with E-state index in [1.807, 2.05) is 30.3 Å². The standard InChI is InChI=1S/C63H44N4O/c1-7-19-45(20-8-1)46-33-37-54(38-34-46)66(52-27-15-5-16-28-52)57-41-56(65(50-23-11-3-12-24-50)51-25-13-4-14-26-51)42-58(43-57)67(53-29-17-6-18-30-53)55-39-35-47-31-32-48-36-40-60-62(61(48)59(47)44-55)68-63(64-60)49-21-9-2-10-22-49/h1-44H. The van der Waals surface area contributed by atoms with Gasteiger partial charge in [0, 0.05) is 45.1 Å². The number of para-hydroxylation sites is 4. The Morgan fingerprint density at radius 2 is 0.647 bits per heavy atom. The maximum atomic E-state index is 6.69. The molecule has 322 valence electrons. The van der Waals surface area contributed by atoms with Crippen molar-refractivity contribution in [2.75, 3.05) is 14.7 Å². The van der Waals surface area contributed by atoms with E-state index in [9.17, 15) is 0 Å². The summed E-state index contributed by atoms with van der Waals surface area (Å²) in [6.07, 6.45) is 0. The lowest BCUT2D eigenvalue weighted by Gasteiger charge is -2.33. The topological polar surface area (TPSA) is 35.8 Å². The van der Waals surface area contributed by atoms with E-state index in [2.05, 4.69) is 251 Å². The van der Waals surface area contributed by atoms with Gasteiger partial charge in [0.2, 0.25) is 5.89 Å². The Balaban J connectivity index is 1.11. The Bertz CT molecular complexity index is 3620. The van der Waals surface area contributed by atoms with Crippen molar-refractivity contribution in [3.05, 3.63) is 267 Å². The highest BCUT2D eigenvalue weighted by molar-refractivity contribution is 6.18. The normalized spacial score (nSPS) is 11.2. The quantitative estimate of drug-likeness (QED) is 0.121. The van der Waals surface area contributed by atoms with E-state index >= 15 is 0 Å². The maximum Gasteiger partial charge on any atom is 0.227 e. The van der Waals surface area contributed by atoms with Crippen molar-refractivity contribution in [2.45, 2.75) is 0 Å². The molecular weight excluding hydrogens is 829 g/mol. The minimum absolute atomic E-state index is 0.607. The molecule has 0 aliphatic carbocycles. The van der Waals surface area contributed by atoms with Crippen molar-refractivity contribution in [3.63, 3.8) is 0 Å². The predicted molar refractivity (Wildman–Crippen MR) is 284 cm³/mol. The third-order valence-electron chi connectivity index (χ3n) is 12.6. The van der Waals surface area contributed by atoms with Gasteiger partial charge in [0.05, 0.1) is 17.1 Å². The molecule has 12 rings (SSSR count). The van der Waals surface area contributed by atoms with E-state index in [1.165, 1.54) is 5.56 Å². The average Bonchev–Trinajstić information content (AvgIpc) is 3.86. The highest BCUT2D eigenvalue weighted by Gasteiger charge is 2.23. The van der Waals surface area contributed by atoms with Crippen molar-refractivity contribution >= 4 is 83.8 Å². The van der Waals surface area contributed by atoms with E-state index in [0.717, 1.165) is 95.0 Å². The Hall–Kier alpha value is -9.19. The number of aromatic nitrogens is 1. The van der Waals surface area contributed by atoms with Crippen LogP contribution >= 0.6 is 0 Å². The van der Waals surface area contributed by atoms with Crippen LogP contribution in [0, 0.1) is 0 Å². The van der Waals surface area contributed by atoms with Crippen LogP contribution in [0.4, 0.5) is 51.2 Å². The second-order valence-electron chi connectivity index (χ2n) is 16.8. The van der Waals surface area contributed by atoms with E-state index in [0.29, 0.717) is 5.89 Å². The van der Waals surface area contributed by atoms with Crippen LogP contribution in [-0.4, -0.2) is 4.98 Å². The minimum atomic E-state index is 0.607. The van der Waals surface area contributed by atoms with Crippen LogP contribution in [0.5, 0.6) is 0 Å². The zero-order valence-electron chi connectivity index (χ0n) is 37.1. The molecule has 1 aromatic heterocycles. The molecule has 0 saturated heterocycles. The molecule has 1 heterocycles. The van der Waals surface area contributed by atoms with Crippen LogP contribution in [0.15, 0.2) is 271 Å². The van der Waals surface area contributed by atoms with E-state index in [1.54, 1.807) is 0 Å². The highest BCUT2D eigenvalue weighted by Crippen LogP contribution is 2.47. The second kappa shape index (κ2) is 17.7. The van der Waals surface area contributed by atoms with Crippen LogP contribution < -0.4 is 14.7 Å². The van der Waals surface area contributed by atoms with Gasteiger partial charge in [-0.15, -0.1) is 0 Å². The van der Waals surface area contributed by atoms with Crippen LogP contribution in [0.1, 0.15) is 0 Å². The fourth-order valence-corrected chi connectivity index (χ4v) is 9.40. The molecule has 0 unspecified atom stereocenters. The first-order chi connectivity index (χ1) is 33.7. The molecular formula is C63H44N4O. The Kier molecular flexibility index (Phi) is 10.5. The summed E-state index contributed by atoms with van der Waals surface area (Å²) in [4.78, 5) is 12.1. The fourth-order valence-electron chi connectivity index (χ4n) is 9.40. The molecule has 0 aliphatic rings. The summed E-state index contributed by atoms with van der Waals surface area (Å²) < 4.78 is 6.69. The number of anilines is 9. The van der Waals surface area contributed by atoms with Crippen LogP contribution in [-0.2, 0) is 0 Å². The van der Waals surface area contributed by atoms with Gasteiger partial charge in [-0.25, -0.2) is 4.98 Å². The van der Waals surface area contributed by atoms with Crippen molar-refractivity contribution in [1.82, 2.24) is 4.98 Å². The molecule has 0 aliphatic heterocycles. The first-order valence-electron chi connectivity index (χ1n) is 22.9. The maximum absolute atomic E-state index is 6.69. The van der Waals surface area contributed by atoms with Crippen molar-refractivity contribution < 1.29 is 4.42 Å². The highest BCUT2D eigenvalue weighted by atomic mass is 16.3. The molecule has 0 fully saturated rings. The molecule has 0 N–H and O–H groups in total. The zero-order valence-corrected chi connectivity index (χ0v) is 37.1. The van der Waals surface area contributed by atoms with Gasteiger partial charge in [-0.1, -0.05) is 158 Å². The van der Waals surface area contributed by atoms with Gasteiger partial charge in [-0.05, 0) is 136 Å².